The third-order valence-corrected chi connectivity index (χ3v) is 4.38. The van der Waals surface area contributed by atoms with Crippen LogP contribution < -0.4 is 4.90 Å². The number of fused-ring (bicyclic) bond motifs is 3. The van der Waals surface area contributed by atoms with Crippen LogP contribution in [0, 0.1) is 0 Å². The third kappa shape index (κ3) is 1.97. The van der Waals surface area contributed by atoms with Gasteiger partial charge in [-0.3, -0.25) is 8.98 Å². The van der Waals surface area contributed by atoms with Gasteiger partial charge in [0.1, 0.15) is 12.1 Å². The number of nitrogens with zero attached hydrogens (tertiary/aromatic N) is 4. The van der Waals surface area contributed by atoms with E-state index in [1.54, 1.807) is 24.3 Å². The van der Waals surface area contributed by atoms with Crippen molar-refractivity contribution in [2.75, 3.05) is 17.7 Å². The lowest BCUT2D eigenvalue weighted by atomic mass is 9.97. The summed E-state index contributed by atoms with van der Waals surface area (Å²) < 4.78 is 27.6. The molecule has 1 unspecified atom stereocenters. The monoisotopic (exact) mass is 324 g/mol. The number of hydrogen-bond acceptors (Lipinski definition) is 7. The van der Waals surface area contributed by atoms with Gasteiger partial charge in [-0.1, -0.05) is 17.2 Å². The van der Waals surface area contributed by atoms with Gasteiger partial charge in [0.05, 0.1) is 11.9 Å². The van der Waals surface area contributed by atoms with Crippen molar-refractivity contribution in [3.63, 3.8) is 0 Å². The van der Waals surface area contributed by atoms with Crippen LogP contribution in [0.1, 0.15) is 10.4 Å². The summed E-state index contributed by atoms with van der Waals surface area (Å²) in [5, 5.41) is 14.2. The number of carbonyl (C=O) groups is 1. The quantitative estimate of drug-likeness (QED) is 0.371. The number of azide groups is 1. The minimum atomic E-state index is -3.84. The first kappa shape index (κ1) is 14.8. The second-order valence-corrected chi connectivity index (χ2v) is 6.77. The summed E-state index contributed by atoms with van der Waals surface area (Å²) in [5.41, 5.74) is 7.30. The molecular formula is C12H12N4O5S. The zero-order chi connectivity index (χ0) is 16.1. The minimum absolute atomic E-state index is 0.0873. The van der Waals surface area contributed by atoms with Crippen molar-refractivity contribution in [2.45, 2.75) is 17.9 Å². The van der Waals surface area contributed by atoms with Crippen molar-refractivity contribution in [3.05, 3.63) is 40.3 Å². The van der Waals surface area contributed by atoms with Gasteiger partial charge in [-0.15, -0.1) is 0 Å². The second kappa shape index (κ2) is 4.68. The van der Waals surface area contributed by atoms with Crippen LogP contribution >= 0.6 is 0 Å². The Hall–Kier alpha value is -2.13. The van der Waals surface area contributed by atoms with E-state index in [1.807, 2.05) is 0 Å². The summed E-state index contributed by atoms with van der Waals surface area (Å²) in [6.07, 6.45) is -0.295. The molecule has 1 aromatic carbocycles. The standard InChI is InChI=1S/C12H12N4O5S/c1-22(19,20)21-9-6-16-8-5-3-2-4-7(8)11(17)12(16,18)10(9)14-15-13/h2-5,9-10,18H,6H2,1H3/t9-,10+,12?/m1/s1. The van der Waals surface area contributed by atoms with E-state index in [0.29, 0.717) is 11.3 Å². The molecule has 22 heavy (non-hydrogen) atoms. The van der Waals surface area contributed by atoms with Crippen molar-refractivity contribution in [1.82, 2.24) is 0 Å². The average molecular weight is 324 g/mol. The summed E-state index contributed by atoms with van der Waals surface area (Å²) in [6, 6.07) is 5.14. The highest BCUT2D eigenvalue weighted by Gasteiger charge is 2.63. The van der Waals surface area contributed by atoms with E-state index in [0.717, 1.165) is 6.26 Å². The molecule has 10 heteroatoms. The van der Waals surface area contributed by atoms with E-state index >= 15 is 0 Å². The molecule has 2 aliphatic heterocycles. The fourth-order valence-electron chi connectivity index (χ4n) is 2.99. The highest BCUT2D eigenvalue weighted by Crippen LogP contribution is 2.45. The number of hydrogen-bond donors (Lipinski definition) is 1. The van der Waals surface area contributed by atoms with E-state index < -0.39 is 33.8 Å². The molecule has 0 aromatic heterocycles. The number of para-hydroxylation sites is 1. The molecule has 116 valence electrons. The van der Waals surface area contributed by atoms with E-state index in [2.05, 4.69) is 10.0 Å². The van der Waals surface area contributed by atoms with Gasteiger partial charge in [-0.05, 0) is 17.7 Å². The van der Waals surface area contributed by atoms with Gasteiger partial charge in [0.15, 0.2) is 0 Å². The average Bonchev–Trinajstić information content (AvgIpc) is 2.82. The molecule has 1 aromatic rings. The molecule has 0 amide bonds. The smallest absolute Gasteiger partial charge is 0.264 e. The number of anilines is 1. The van der Waals surface area contributed by atoms with Gasteiger partial charge in [0.25, 0.3) is 10.1 Å². The van der Waals surface area contributed by atoms with Crippen LogP contribution in [0.5, 0.6) is 0 Å². The fraction of sp³-hybridized carbons (Fsp3) is 0.417. The number of benzene rings is 1. The largest absolute Gasteiger partial charge is 0.364 e. The maximum atomic E-state index is 12.5. The van der Waals surface area contributed by atoms with Crippen molar-refractivity contribution in [1.29, 1.82) is 0 Å². The Morgan fingerprint density at radius 2 is 2.18 bits per heavy atom. The van der Waals surface area contributed by atoms with Crippen LogP contribution in [0.15, 0.2) is 29.4 Å². The van der Waals surface area contributed by atoms with Crippen LogP contribution in [-0.4, -0.2) is 50.0 Å². The summed E-state index contributed by atoms with van der Waals surface area (Å²) in [6.45, 7) is -0.0873. The molecule has 1 saturated heterocycles. The third-order valence-electron chi connectivity index (χ3n) is 3.79. The molecule has 0 bridgehead atoms. The van der Waals surface area contributed by atoms with Gasteiger partial charge in [-0.25, -0.2) is 0 Å². The Bertz CT molecular complexity index is 803. The number of aliphatic hydroxyl groups is 1. The Balaban J connectivity index is 2.11. The molecule has 0 spiro atoms. The first-order chi connectivity index (χ1) is 10.3. The van der Waals surface area contributed by atoms with E-state index in [-0.39, 0.29) is 6.54 Å². The lowest BCUT2D eigenvalue weighted by Crippen LogP contribution is -2.53. The molecule has 1 N–H and O–H groups in total. The van der Waals surface area contributed by atoms with Crippen LogP contribution in [0.4, 0.5) is 5.69 Å². The molecule has 9 nitrogen and oxygen atoms in total. The Kier molecular flexibility index (Phi) is 3.15. The number of carbonyl (C=O) groups excluding carboxylic acids is 1. The predicted octanol–water partition coefficient (Wildman–Crippen LogP) is 0.415. The first-order valence-corrected chi connectivity index (χ1v) is 8.17. The first-order valence-electron chi connectivity index (χ1n) is 6.35. The van der Waals surface area contributed by atoms with E-state index in [9.17, 15) is 18.3 Å². The lowest BCUT2D eigenvalue weighted by molar-refractivity contribution is 0.0244. The highest BCUT2D eigenvalue weighted by atomic mass is 32.2. The zero-order valence-electron chi connectivity index (χ0n) is 11.4. The minimum Gasteiger partial charge on any atom is -0.364 e. The van der Waals surface area contributed by atoms with E-state index in [4.69, 9.17) is 9.71 Å². The topological polar surface area (TPSA) is 133 Å². The molecular weight excluding hydrogens is 312 g/mol. The van der Waals surface area contributed by atoms with Crippen molar-refractivity contribution in [3.8, 4) is 0 Å². The number of ketones is 1. The van der Waals surface area contributed by atoms with Crippen LogP contribution in [0.2, 0.25) is 0 Å². The summed E-state index contributed by atoms with van der Waals surface area (Å²) in [4.78, 5) is 16.4. The van der Waals surface area contributed by atoms with Gasteiger partial charge in [0.2, 0.25) is 11.5 Å². The zero-order valence-corrected chi connectivity index (χ0v) is 12.3. The molecule has 0 aliphatic carbocycles. The number of Topliss-reactive ketones (excluding diaryl/α,β-unsaturated/α-hetero) is 1. The molecule has 3 atom stereocenters. The molecule has 1 fully saturated rings. The normalized spacial score (nSPS) is 29.9. The molecule has 0 saturated carbocycles. The SMILES string of the molecule is CS(=O)(=O)O[C@@H]1CN2c3ccccc3C(=O)C2(O)[C@H]1N=[N+]=[N-]. The van der Waals surface area contributed by atoms with Gasteiger partial charge < -0.3 is 10.0 Å². The lowest BCUT2D eigenvalue weighted by Gasteiger charge is -2.28. The Morgan fingerprint density at radius 3 is 2.82 bits per heavy atom. The van der Waals surface area contributed by atoms with Gasteiger partial charge in [-0.2, -0.15) is 8.42 Å². The molecule has 0 radical (unpaired) electrons. The fourth-order valence-corrected chi connectivity index (χ4v) is 3.61. The predicted molar refractivity (Wildman–Crippen MR) is 75.7 cm³/mol. The second-order valence-electron chi connectivity index (χ2n) is 5.17. The summed E-state index contributed by atoms with van der Waals surface area (Å²) in [5.74, 6) is -0.639. The molecule has 2 heterocycles. The van der Waals surface area contributed by atoms with Crippen LogP contribution in [-0.2, 0) is 14.3 Å². The van der Waals surface area contributed by atoms with Crippen LogP contribution in [0.3, 0.4) is 0 Å². The summed E-state index contributed by atoms with van der Waals surface area (Å²) >= 11 is 0. The van der Waals surface area contributed by atoms with Gasteiger partial charge >= 0.3 is 0 Å². The summed E-state index contributed by atoms with van der Waals surface area (Å²) in [7, 11) is -3.84. The van der Waals surface area contributed by atoms with Crippen molar-refractivity contribution in [2.24, 2.45) is 5.11 Å². The molecule has 2 aliphatic rings. The maximum absolute atomic E-state index is 12.5. The van der Waals surface area contributed by atoms with E-state index in [1.165, 1.54) is 4.90 Å². The highest BCUT2D eigenvalue weighted by molar-refractivity contribution is 7.86. The Labute approximate surface area is 125 Å². The number of rotatable bonds is 3. The van der Waals surface area contributed by atoms with Crippen molar-refractivity contribution < 1.29 is 22.5 Å². The Morgan fingerprint density at radius 1 is 1.50 bits per heavy atom. The van der Waals surface area contributed by atoms with Crippen LogP contribution in [0.25, 0.3) is 10.4 Å². The maximum Gasteiger partial charge on any atom is 0.264 e. The van der Waals surface area contributed by atoms with Gasteiger partial charge in [0, 0.05) is 17.0 Å². The molecule has 3 rings (SSSR count). The van der Waals surface area contributed by atoms with Crippen molar-refractivity contribution >= 4 is 21.6 Å².